The average molecular weight is 418 g/mol. The van der Waals surface area contributed by atoms with Crippen molar-refractivity contribution in [2.75, 3.05) is 30.4 Å². The zero-order chi connectivity index (χ0) is 21.3. The first-order valence-electron chi connectivity index (χ1n) is 9.66. The molecule has 2 aromatic carbocycles. The van der Waals surface area contributed by atoms with Crippen molar-refractivity contribution in [3.05, 3.63) is 64.0 Å². The van der Waals surface area contributed by atoms with Crippen molar-refractivity contribution >= 4 is 22.3 Å². The molecule has 0 amide bonds. The van der Waals surface area contributed by atoms with Gasteiger partial charge in [-0.05, 0) is 48.7 Å². The lowest BCUT2D eigenvalue weighted by Gasteiger charge is -2.23. The molecule has 1 aliphatic heterocycles. The number of ether oxygens (including phenoxy) is 1. The van der Waals surface area contributed by atoms with E-state index in [1.54, 1.807) is 18.2 Å². The number of anilines is 2. The first-order valence-corrected chi connectivity index (χ1v) is 9.66. The molecule has 0 aliphatic carbocycles. The van der Waals surface area contributed by atoms with Crippen LogP contribution in [-0.4, -0.2) is 20.2 Å². The lowest BCUT2D eigenvalue weighted by atomic mass is 10.1. The highest BCUT2D eigenvalue weighted by Crippen LogP contribution is 2.37. The van der Waals surface area contributed by atoms with E-state index in [1.165, 1.54) is 19.2 Å². The normalized spacial score (nSPS) is 14.3. The second kappa shape index (κ2) is 7.93. The zero-order valence-corrected chi connectivity index (χ0v) is 16.4. The second-order valence-electron chi connectivity index (χ2n) is 7.23. The van der Waals surface area contributed by atoms with Crippen molar-refractivity contribution in [3.63, 3.8) is 0 Å². The summed E-state index contributed by atoms with van der Waals surface area (Å²) in [5.41, 5.74) is 0.874. The summed E-state index contributed by atoms with van der Waals surface area (Å²) in [6.07, 6.45) is -2.42. The van der Waals surface area contributed by atoms with Gasteiger partial charge in [0.05, 0.1) is 24.0 Å². The van der Waals surface area contributed by atoms with Crippen molar-refractivity contribution in [2.24, 2.45) is 0 Å². The average Bonchev–Trinajstić information content (AvgIpc) is 3.25. The highest BCUT2D eigenvalue weighted by Gasteiger charge is 2.31. The molecule has 0 radical (unpaired) electrons. The Kier molecular flexibility index (Phi) is 5.32. The number of fused-ring (bicyclic) bond motifs is 1. The van der Waals surface area contributed by atoms with E-state index in [-0.39, 0.29) is 6.54 Å². The number of nitrogens with one attached hydrogen (secondary N) is 1. The van der Waals surface area contributed by atoms with Crippen molar-refractivity contribution in [1.29, 1.82) is 0 Å². The van der Waals surface area contributed by atoms with E-state index in [2.05, 4.69) is 10.2 Å². The van der Waals surface area contributed by atoms with Crippen molar-refractivity contribution in [1.82, 2.24) is 0 Å². The smallest absolute Gasteiger partial charge is 0.416 e. The van der Waals surface area contributed by atoms with Gasteiger partial charge in [0.1, 0.15) is 11.3 Å². The molecule has 1 aliphatic rings. The van der Waals surface area contributed by atoms with Gasteiger partial charge in [-0.15, -0.1) is 0 Å². The Hall–Kier alpha value is -3.16. The van der Waals surface area contributed by atoms with Gasteiger partial charge >= 0.3 is 11.8 Å². The lowest BCUT2D eigenvalue weighted by molar-refractivity contribution is -0.137. The summed E-state index contributed by atoms with van der Waals surface area (Å²) in [4.78, 5) is 14.1. The van der Waals surface area contributed by atoms with Crippen LogP contribution in [0.25, 0.3) is 11.0 Å². The molecule has 0 spiro atoms. The molecule has 3 aromatic rings. The summed E-state index contributed by atoms with van der Waals surface area (Å²) in [5, 5.41) is 3.81. The van der Waals surface area contributed by atoms with Crippen LogP contribution in [0.3, 0.4) is 0 Å². The fourth-order valence-electron chi connectivity index (χ4n) is 3.76. The highest BCUT2D eigenvalue weighted by atomic mass is 19.4. The van der Waals surface area contributed by atoms with E-state index in [0.717, 1.165) is 43.8 Å². The summed E-state index contributed by atoms with van der Waals surface area (Å²) in [6, 6.07) is 10.2. The minimum Gasteiger partial charge on any atom is -0.497 e. The first kappa shape index (κ1) is 20.1. The third-order valence-corrected chi connectivity index (χ3v) is 5.28. The Balaban J connectivity index is 1.69. The Morgan fingerprint density at radius 3 is 2.57 bits per heavy atom. The molecule has 30 heavy (non-hydrogen) atoms. The molecule has 1 fully saturated rings. The Labute approximate surface area is 171 Å². The molecular weight excluding hydrogens is 397 g/mol. The maximum Gasteiger partial charge on any atom is 0.416 e. The molecule has 158 valence electrons. The van der Waals surface area contributed by atoms with E-state index in [9.17, 15) is 18.0 Å². The fourth-order valence-corrected chi connectivity index (χ4v) is 3.76. The van der Waals surface area contributed by atoms with Gasteiger partial charge in [0.25, 0.3) is 0 Å². The van der Waals surface area contributed by atoms with Gasteiger partial charge in [-0.25, -0.2) is 4.79 Å². The van der Waals surface area contributed by atoms with Gasteiger partial charge in [-0.1, -0.05) is 0 Å². The van der Waals surface area contributed by atoms with E-state index in [4.69, 9.17) is 9.15 Å². The lowest BCUT2D eigenvalue weighted by Crippen LogP contribution is -2.20. The molecule has 2 heterocycles. The van der Waals surface area contributed by atoms with Crippen molar-refractivity contribution in [3.8, 4) is 5.75 Å². The predicted octanol–water partition coefficient (Wildman–Crippen LogP) is 5.03. The summed E-state index contributed by atoms with van der Waals surface area (Å²) >= 11 is 0. The highest BCUT2D eigenvalue weighted by molar-refractivity contribution is 5.82. The molecule has 1 N–H and O–H groups in total. The monoisotopic (exact) mass is 418 g/mol. The number of methoxy groups -OCH3 is 1. The standard InChI is InChI=1S/C22H21F3N2O3/c1-29-16-5-6-17-14(10-21(28)30-20(17)12-16)13-26-18-11-15(22(23,24)25)4-7-19(18)27-8-2-3-9-27/h4-7,10-12,26H,2-3,8-9,13H2,1H3. The van der Waals surface area contributed by atoms with Gasteiger partial charge in [-0.2, -0.15) is 13.2 Å². The Bertz CT molecular complexity index is 1120. The number of benzene rings is 2. The van der Waals surface area contributed by atoms with Crippen LogP contribution in [0, 0.1) is 0 Å². The summed E-state index contributed by atoms with van der Waals surface area (Å²) < 4.78 is 50.2. The number of hydrogen-bond donors (Lipinski definition) is 1. The van der Waals surface area contributed by atoms with Gasteiger partial charge in [0.15, 0.2) is 0 Å². The van der Waals surface area contributed by atoms with Crippen LogP contribution in [0.5, 0.6) is 5.75 Å². The van der Waals surface area contributed by atoms with Gasteiger partial charge in [0, 0.05) is 37.2 Å². The Morgan fingerprint density at radius 1 is 1.10 bits per heavy atom. The first-order chi connectivity index (χ1) is 14.3. The van der Waals surface area contributed by atoms with E-state index in [0.29, 0.717) is 28.0 Å². The largest absolute Gasteiger partial charge is 0.497 e. The topological polar surface area (TPSA) is 54.7 Å². The van der Waals surface area contributed by atoms with Crippen LogP contribution in [0.15, 0.2) is 51.7 Å². The quantitative estimate of drug-likeness (QED) is 0.589. The van der Waals surface area contributed by atoms with Gasteiger partial charge in [-0.3, -0.25) is 0 Å². The van der Waals surface area contributed by atoms with Gasteiger partial charge < -0.3 is 19.4 Å². The summed E-state index contributed by atoms with van der Waals surface area (Å²) in [6.45, 7) is 1.78. The molecule has 0 saturated carbocycles. The predicted molar refractivity (Wildman–Crippen MR) is 109 cm³/mol. The van der Waals surface area contributed by atoms with Crippen LogP contribution in [-0.2, 0) is 12.7 Å². The second-order valence-corrected chi connectivity index (χ2v) is 7.23. The number of hydrogen-bond acceptors (Lipinski definition) is 5. The van der Waals surface area contributed by atoms with Gasteiger partial charge in [0.2, 0.25) is 0 Å². The third-order valence-electron chi connectivity index (χ3n) is 5.28. The van der Waals surface area contributed by atoms with Crippen LogP contribution in [0.4, 0.5) is 24.5 Å². The molecule has 0 unspecified atom stereocenters. The molecule has 8 heteroatoms. The maximum atomic E-state index is 13.3. The SMILES string of the molecule is COc1ccc2c(CNc3cc(C(F)(F)F)ccc3N3CCCC3)cc(=O)oc2c1. The minimum atomic E-state index is -4.43. The van der Waals surface area contributed by atoms with Crippen molar-refractivity contribution in [2.45, 2.75) is 25.6 Å². The van der Waals surface area contributed by atoms with Crippen molar-refractivity contribution < 1.29 is 22.3 Å². The number of alkyl halides is 3. The van der Waals surface area contributed by atoms with E-state index < -0.39 is 17.4 Å². The molecular formula is C22H21F3N2O3. The van der Waals surface area contributed by atoms with E-state index in [1.807, 2.05) is 0 Å². The molecule has 0 bridgehead atoms. The zero-order valence-electron chi connectivity index (χ0n) is 16.4. The third kappa shape index (κ3) is 4.08. The number of rotatable bonds is 5. The Morgan fingerprint density at radius 2 is 1.87 bits per heavy atom. The van der Waals surface area contributed by atoms with Crippen LogP contribution < -0.4 is 20.6 Å². The van der Waals surface area contributed by atoms with E-state index >= 15 is 0 Å². The molecule has 5 nitrogen and oxygen atoms in total. The fraction of sp³-hybridized carbons (Fsp3) is 0.318. The molecule has 1 saturated heterocycles. The molecule has 4 rings (SSSR count). The maximum absolute atomic E-state index is 13.3. The minimum absolute atomic E-state index is 0.177. The molecule has 1 aromatic heterocycles. The number of halogens is 3. The van der Waals surface area contributed by atoms with Crippen LogP contribution >= 0.6 is 0 Å². The summed E-state index contributed by atoms with van der Waals surface area (Å²) in [7, 11) is 1.51. The summed E-state index contributed by atoms with van der Waals surface area (Å²) in [5.74, 6) is 0.546. The van der Waals surface area contributed by atoms with Crippen LogP contribution in [0.2, 0.25) is 0 Å². The van der Waals surface area contributed by atoms with Crippen LogP contribution in [0.1, 0.15) is 24.0 Å². The number of nitrogens with zero attached hydrogens (tertiary/aromatic N) is 1. The molecule has 0 atom stereocenters.